The van der Waals surface area contributed by atoms with Gasteiger partial charge < -0.3 is 24.8 Å². The predicted octanol–water partition coefficient (Wildman–Crippen LogP) is 4.07. The van der Waals surface area contributed by atoms with Crippen LogP contribution in [0.4, 0.5) is 5.69 Å². The molecule has 6 rings (SSSR count). The highest BCUT2D eigenvalue weighted by Gasteiger charge is 2.38. The van der Waals surface area contributed by atoms with Gasteiger partial charge in [0.05, 0.1) is 12.1 Å². The van der Waals surface area contributed by atoms with Gasteiger partial charge in [-0.2, -0.15) is 5.10 Å². The van der Waals surface area contributed by atoms with Gasteiger partial charge in [0.15, 0.2) is 5.60 Å². The summed E-state index contributed by atoms with van der Waals surface area (Å²) in [6, 6.07) is 16.8. The highest BCUT2D eigenvalue weighted by atomic mass is 16.5. The first-order valence-corrected chi connectivity index (χ1v) is 15.3. The molecule has 3 heterocycles. The van der Waals surface area contributed by atoms with E-state index in [-0.39, 0.29) is 17.7 Å². The summed E-state index contributed by atoms with van der Waals surface area (Å²) in [7, 11) is 0. The molecule has 2 N–H and O–H groups in total. The molecule has 9 nitrogen and oxygen atoms in total. The minimum atomic E-state index is -0.960. The molecule has 42 heavy (non-hydrogen) atoms. The van der Waals surface area contributed by atoms with E-state index in [9.17, 15) is 9.59 Å². The van der Waals surface area contributed by atoms with E-state index in [2.05, 4.69) is 55.6 Å². The summed E-state index contributed by atoms with van der Waals surface area (Å²) in [6.45, 7) is 8.93. The third-order valence-corrected chi connectivity index (χ3v) is 8.65. The number of aromatic nitrogens is 2. The van der Waals surface area contributed by atoms with Crippen LogP contribution in [0.5, 0.6) is 5.75 Å². The van der Waals surface area contributed by atoms with Gasteiger partial charge in [-0.25, -0.2) is 0 Å². The molecule has 0 unspecified atom stereocenters. The van der Waals surface area contributed by atoms with Crippen LogP contribution < -0.4 is 15.0 Å². The highest BCUT2D eigenvalue weighted by Crippen LogP contribution is 2.34. The summed E-state index contributed by atoms with van der Waals surface area (Å²) in [6.07, 6.45) is 7.74. The molecule has 2 amide bonds. The minimum absolute atomic E-state index is 0.00863. The molecule has 3 aliphatic rings. The Balaban J connectivity index is 1.10. The fourth-order valence-corrected chi connectivity index (χ4v) is 6.16. The molecular formula is C33H42N6O3. The number of aromatic amines is 1. The Morgan fingerprint density at radius 3 is 2.52 bits per heavy atom. The summed E-state index contributed by atoms with van der Waals surface area (Å²) >= 11 is 0. The molecule has 3 aromatic rings. The lowest BCUT2D eigenvalue weighted by Crippen LogP contribution is -2.54. The topological polar surface area (TPSA) is 93.8 Å². The molecule has 1 aromatic heterocycles. The Hall–Kier alpha value is -3.85. The minimum Gasteiger partial charge on any atom is -0.478 e. The van der Waals surface area contributed by atoms with Crippen molar-refractivity contribution in [2.75, 3.05) is 44.2 Å². The highest BCUT2D eigenvalue weighted by molar-refractivity contribution is 5.85. The number of rotatable bonds is 9. The zero-order chi connectivity index (χ0) is 29.1. The lowest BCUT2D eigenvalue weighted by atomic mass is 9.95. The van der Waals surface area contributed by atoms with Gasteiger partial charge in [0.25, 0.3) is 5.91 Å². The maximum Gasteiger partial charge on any atom is 0.266 e. The summed E-state index contributed by atoms with van der Waals surface area (Å²) < 4.78 is 6.28. The van der Waals surface area contributed by atoms with Gasteiger partial charge in [0.1, 0.15) is 5.75 Å². The first kappa shape index (κ1) is 28.3. The van der Waals surface area contributed by atoms with Crippen LogP contribution in [0.25, 0.3) is 11.1 Å². The molecule has 9 heteroatoms. The number of nitrogens with one attached hydrogen (secondary N) is 2. The van der Waals surface area contributed by atoms with Gasteiger partial charge in [0, 0.05) is 75.4 Å². The Morgan fingerprint density at radius 2 is 1.81 bits per heavy atom. The number of benzene rings is 2. The van der Waals surface area contributed by atoms with Crippen molar-refractivity contribution in [1.82, 2.24) is 25.3 Å². The maximum absolute atomic E-state index is 13.9. The van der Waals surface area contributed by atoms with Crippen LogP contribution in [0.2, 0.25) is 0 Å². The second-order valence-corrected chi connectivity index (χ2v) is 12.3. The van der Waals surface area contributed by atoms with Crippen LogP contribution in [-0.4, -0.2) is 82.7 Å². The van der Waals surface area contributed by atoms with E-state index >= 15 is 0 Å². The number of nitrogens with zero attached hydrogens (tertiary/aromatic N) is 4. The monoisotopic (exact) mass is 570 g/mol. The summed E-state index contributed by atoms with van der Waals surface area (Å²) in [5.74, 6) is 0.901. The zero-order valence-corrected chi connectivity index (χ0v) is 24.7. The molecule has 2 aromatic carbocycles. The Kier molecular flexibility index (Phi) is 8.20. The zero-order valence-electron chi connectivity index (χ0n) is 24.7. The molecule has 222 valence electrons. The van der Waals surface area contributed by atoms with E-state index in [1.165, 1.54) is 0 Å². The van der Waals surface area contributed by atoms with Crippen molar-refractivity contribution < 1.29 is 14.3 Å². The number of hydrogen-bond donors (Lipinski definition) is 2. The maximum atomic E-state index is 13.9. The largest absolute Gasteiger partial charge is 0.478 e. The number of carbonyl (C=O) groups is 2. The van der Waals surface area contributed by atoms with Crippen molar-refractivity contribution in [2.45, 2.75) is 57.7 Å². The predicted molar refractivity (Wildman–Crippen MR) is 163 cm³/mol. The Morgan fingerprint density at radius 1 is 1.02 bits per heavy atom. The van der Waals surface area contributed by atoms with Crippen LogP contribution in [-0.2, 0) is 16.1 Å². The summed E-state index contributed by atoms with van der Waals surface area (Å²) in [5.41, 5.74) is 3.39. The number of carbonyl (C=O) groups excluding carboxylic acids is 2. The normalized spacial score (nSPS) is 19.4. The first-order valence-electron chi connectivity index (χ1n) is 15.3. The van der Waals surface area contributed by atoms with Gasteiger partial charge in [-0.15, -0.1) is 0 Å². The van der Waals surface area contributed by atoms with Crippen LogP contribution in [0, 0.1) is 5.92 Å². The average Bonchev–Trinajstić information content (AvgIpc) is 3.72. The van der Waals surface area contributed by atoms with Crippen molar-refractivity contribution in [3.8, 4) is 16.9 Å². The SMILES string of the molecule is CC(C)(Oc1cccc(N2CCC[C@H](C(=O)N(Cc3ccc(-c4cn[nH]c4)cc3)C3CC3)C2)c1)C(=O)N1CCNCC1. The lowest BCUT2D eigenvalue weighted by Gasteiger charge is -2.37. The van der Waals surface area contributed by atoms with Crippen molar-refractivity contribution in [3.63, 3.8) is 0 Å². The Labute approximate surface area is 248 Å². The molecule has 0 spiro atoms. The van der Waals surface area contributed by atoms with E-state index in [0.717, 1.165) is 67.7 Å². The number of anilines is 1. The molecule has 2 aliphatic heterocycles. The van der Waals surface area contributed by atoms with Crippen LogP contribution in [0.15, 0.2) is 60.9 Å². The van der Waals surface area contributed by atoms with Gasteiger partial charge in [-0.3, -0.25) is 14.7 Å². The molecule has 2 saturated heterocycles. The lowest BCUT2D eigenvalue weighted by molar-refractivity contribution is -0.146. The van der Waals surface area contributed by atoms with Crippen molar-refractivity contribution in [2.24, 2.45) is 5.92 Å². The summed E-state index contributed by atoms with van der Waals surface area (Å²) in [5, 5.41) is 10.2. The number of amides is 2. The third-order valence-electron chi connectivity index (χ3n) is 8.65. The van der Waals surface area contributed by atoms with Gasteiger partial charge >= 0.3 is 0 Å². The summed E-state index contributed by atoms with van der Waals surface area (Å²) in [4.78, 5) is 33.4. The number of piperazine rings is 1. The molecule has 0 bridgehead atoms. The van der Waals surface area contributed by atoms with Crippen molar-refractivity contribution in [3.05, 3.63) is 66.5 Å². The molecule has 1 aliphatic carbocycles. The van der Waals surface area contributed by atoms with Gasteiger partial charge in [-0.1, -0.05) is 30.3 Å². The molecule has 1 saturated carbocycles. The second kappa shape index (κ2) is 12.2. The third kappa shape index (κ3) is 6.46. The van der Waals surface area contributed by atoms with Crippen molar-refractivity contribution in [1.29, 1.82) is 0 Å². The standard InChI is InChI=1S/C33H42N6O3/c1-33(2,32(41)37-17-14-34-15-18-37)42-30-7-3-6-29(19-30)38-16-4-5-26(23-38)31(40)39(28-12-13-28)22-24-8-10-25(11-9-24)27-20-35-36-21-27/h3,6-11,19-21,26,28,34H,4-5,12-18,22-23H2,1-2H3,(H,35,36)/t26-/m0/s1. The second-order valence-electron chi connectivity index (χ2n) is 12.3. The molecular weight excluding hydrogens is 528 g/mol. The van der Waals surface area contributed by atoms with E-state index in [1.54, 1.807) is 0 Å². The van der Waals surface area contributed by atoms with Crippen molar-refractivity contribution >= 4 is 17.5 Å². The Bertz CT molecular complexity index is 1360. The molecule has 3 fully saturated rings. The van der Waals surface area contributed by atoms with E-state index in [0.29, 0.717) is 38.0 Å². The number of hydrogen-bond acceptors (Lipinski definition) is 6. The van der Waals surface area contributed by atoms with Gasteiger partial charge in [0.2, 0.25) is 5.91 Å². The quantitative estimate of drug-likeness (QED) is 0.403. The van der Waals surface area contributed by atoms with Crippen LogP contribution in [0.3, 0.4) is 0 Å². The van der Waals surface area contributed by atoms with E-state index in [4.69, 9.17) is 4.74 Å². The average molecular weight is 571 g/mol. The van der Waals surface area contributed by atoms with E-state index in [1.807, 2.05) is 49.3 Å². The number of ether oxygens (including phenoxy) is 1. The first-order chi connectivity index (χ1) is 20.4. The smallest absolute Gasteiger partial charge is 0.266 e. The van der Waals surface area contributed by atoms with Crippen LogP contribution >= 0.6 is 0 Å². The fourth-order valence-electron chi connectivity index (χ4n) is 6.16. The van der Waals surface area contributed by atoms with E-state index < -0.39 is 5.60 Å². The van der Waals surface area contributed by atoms with Gasteiger partial charge in [-0.05, 0) is 62.8 Å². The molecule has 0 radical (unpaired) electrons. The number of H-pyrrole nitrogens is 1. The fraction of sp³-hybridized carbons (Fsp3) is 0.485. The van der Waals surface area contributed by atoms with Crippen LogP contribution in [0.1, 0.15) is 45.1 Å². The molecule has 1 atom stereocenters. The number of piperidine rings is 1.